The number of thioether (sulfide) groups is 1. The van der Waals surface area contributed by atoms with Crippen LogP contribution in [0.4, 0.5) is 13.2 Å². The Morgan fingerprint density at radius 1 is 1.28 bits per heavy atom. The van der Waals surface area contributed by atoms with Crippen LogP contribution in [0.3, 0.4) is 0 Å². The smallest absolute Gasteiger partial charge is 0.388 e. The first-order valence-electron chi connectivity index (χ1n) is 5.45. The Hall–Kier alpha value is -0.720. The maximum Gasteiger partial charge on any atom is 0.446 e. The van der Waals surface area contributed by atoms with Gasteiger partial charge in [-0.05, 0) is 42.3 Å². The van der Waals surface area contributed by atoms with E-state index in [1.54, 1.807) is 7.11 Å². The summed E-state index contributed by atoms with van der Waals surface area (Å²) in [6.07, 6.45) is 0.571. The molecule has 0 radical (unpaired) electrons. The molecule has 18 heavy (non-hydrogen) atoms. The largest absolute Gasteiger partial charge is 0.446 e. The molecule has 6 heteroatoms. The molecule has 1 atom stereocenters. The number of ether oxygens (including phenoxy) is 1. The van der Waals surface area contributed by atoms with Gasteiger partial charge >= 0.3 is 5.51 Å². The predicted octanol–water partition coefficient (Wildman–Crippen LogP) is 3.76. The minimum absolute atomic E-state index is 0.121. The number of alkyl halides is 3. The van der Waals surface area contributed by atoms with Gasteiger partial charge in [-0.1, -0.05) is 12.1 Å². The van der Waals surface area contributed by atoms with E-state index in [-0.39, 0.29) is 16.7 Å². The molecule has 0 heterocycles. The Balaban J connectivity index is 2.54. The van der Waals surface area contributed by atoms with E-state index < -0.39 is 11.6 Å². The lowest BCUT2D eigenvalue weighted by Crippen LogP contribution is -2.01. The second-order valence-corrected chi connectivity index (χ2v) is 4.91. The lowest BCUT2D eigenvalue weighted by Gasteiger charge is -2.11. The highest BCUT2D eigenvalue weighted by Gasteiger charge is 2.29. The third kappa shape index (κ3) is 5.75. The van der Waals surface area contributed by atoms with Crippen LogP contribution in [0, 0.1) is 0 Å². The molecule has 1 aromatic rings. The first kappa shape index (κ1) is 15.3. The Kier molecular flexibility index (Phi) is 5.98. The maximum absolute atomic E-state index is 12.1. The van der Waals surface area contributed by atoms with Crippen LogP contribution in [0.15, 0.2) is 29.2 Å². The first-order chi connectivity index (χ1) is 8.42. The van der Waals surface area contributed by atoms with Gasteiger partial charge in [0.05, 0.1) is 6.10 Å². The molecule has 0 saturated heterocycles. The van der Waals surface area contributed by atoms with Gasteiger partial charge in [-0.3, -0.25) is 0 Å². The van der Waals surface area contributed by atoms with Gasteiger partial charge in [0, 0.05) is 18.6 Å². The van der Waals surface area contributed by atoms with Crippen LogP contribution in [0.2, 0.25) is 0 Å². The molecule has 0 saturated carbocycles. The zero-order valence-electron chi connectivity index (χ0n) is 9.91. The zero-order valence-corrected chi connectivity index (χ0v) is 10.7. The van der Waals surface area contributed by atoms with E-state index in [9.17, 15) is 18.3 Å². The fraction of sp³-hybridized carbons (Fsp3) is 0.500. The number of methoxy groups -OCH3 is 1. The van der Waals surface area contributed by atoms with Crippen molar-refractivity contribution in [3.8, 4) is 0 Å². The van der Waals surface area contributed by atoms with Crippen molar-refractivity contribution in [3.63, 3.8) is 0 Å². The third-order valence-corrected chi connectivity index (χ3v) is 3.06. The van der Waals surface area contributed by atoms with Crippen LogP contribution in [-0.4, -0.2) is 24.3 Å². The molecule has 0 fully saturated rings. The molecule has 1 N–H and O–H groups in total. The molecule has 0 aliphatic rings. The molecule has 0 aromatic heterocycles. The Morgan fingerprint density at radius 2 is 1.89 bits per heavy atom. The lowest BCUT2D eigenvalue weighted by molar-refractivity contribution is -0.0328. The molecule has 0 aliphatic heterocycles. The number of hydrogen-bond acceptors (Lipinski definition) is 3. The van der Waals surface area contributed by atoms with Crippen LogP contribution in [-0.2, 0) is 4.74 Å². The van der Waals surface area contributed by atoms with Crippen molar-refractivity contribution in [1.29, 1.82) is 0 Å². The number of rotatable bonds is 6. The van der Waals surface area contributed by atoms with Crippen molar-refractivity contribution in [2.24, 2.45) is 0 Å². The molecular weight excluding hydrogens is 265 g/mol. The van der Waals surface area contributed by atoms with Crippen molar-refractivity contribution in [3.05, 3.63) is 29.8 Å². The van der Waals surface area contributed by atoms with Crippen molar-refractivity contribution in [2.75, 3.05) is 13.7 Å². The fourth-order valence-corrected chi connectivity index (χ4v) is 2.02. The Bertz CT molecular complexity index is 351. The molecule has 1 rings (SSSR count). The molecule has 1 unspecified atom stereocenters. The summed E-state index contributed by atoms with van der Waals surface area (Å²) in [5.74, 6) is 0. The van der Waals surface area contributed by atoms with E-state index in [1.807, 2.05) is 0 Å². The minimum Gasteiger partial charge on any atom is -0.388 e. The van der Waals surface area contributed by atoms with Crippen LogP contribution < -0.4 is 0 Å². The van der Waals surface area contributed by atoms with Gasteiger partial charge in [-0.15, -0.1) is 0 Å². The predicted molar refractivity (Wildman–Crippen MR) is 64.4 cm³/mol. The summed E-state index contributed by atoms with van der Waals surface area (Å²) < 4.78 is 41.2. The topological polar surface area (TPSA) is 29.5 Å². The lowest BCUT2D eigenvalue weighted by atomic mass is 10.1. The average molecular weight is 280 g/mol. The molecular formula is C12H15F3O2S. The number of halogens is 3. The average Bonchev–Trinajstić information content (AvgIpc) is 2.28. The minimum atomic E-state index is -4.28. The molecule has 0 aliphatic carbocycles. The third-order valence-electron chi connectivity index (χ3n) is 2.32. The summed E-state index contributed by atoms with van der Waals surface area (Å²) in [4.78, 5) is 0.121. The van der Waals surface area contributed by atoms with Crippen molar-refractivity contribution >= 4 is 11.8 Å². The number of aliphatic hydroxyl groups excluding tert-OH is 1. The monoisotopic (exact) mass is 280 g/mol. The number of aliphatic hydroxyl groups is 1. The highest BCUT2D eigenvalue weighted by Crippen LogP contribution is 2.37. The van der Waals surface area contributed by atoms with E-state index in [4.69, 9.17) is 4.74 Å². The molecule has 0 amide bonds. The highest BCUT2D eigenvalue weighted by atomic mass is 32.2. The normalized spacial score (nSPS) is 13.6. The van der Waals surface area contributed by atoms with Crippen molar-refractivity contribution in [1.82, 2.24) is 0 Å². The fourth-order valence-electron chi connectivity index (χ4n) is 1.48. The van der Waals surface area contributed by atoms with Gasteiger partial charge in [-0.2, -0.15) is 13.2 Å². The van der Waals surface area contributed by atoms with Crippen molar-refractivity contribution in [2.45, 2.75) is 29.3 Å². The molecule has 102 valence electrons. The number of hydrogen-bond donors (Lipinski definition) is 1. The van der Waals surface area contributed by atoms with Crippen LogP contribution in [0.5, 0.6) is 0 Å². The van der Waals surface area contributed by atoms with Gasteiger partial charge in [0.15, 0.2) is 0 Å². The first-order valence-corrected chi connectivity index (χ1v) is 6.27. The van der Waals surface area contributed by atoms with Crippen LogP contribution >= 0.6 is 11.8 Å². The quantitative estimate of drug-likeness (QED) is 0.635. The van der Waals surface area contributed by atoms with E-state index in [0.717, 1.165) is 0 Å². The summed E-state index contributed by atoms with van der Waals surface area (Å²) in [5, 5.41) is 9.79. The summed E-state index contributed by atoms with van der Waals surface area (Å²) >= 11 is -0.159. The second kappa shape index (κ2) is 7.01. The van der Waals surface area contributed by atoms with E-state index >= 15 is 0 Å². The summed E-state index contributed by atoms with van der Waals surface area (Å²) in [5.41, 5.74) is -3.66. The van der Waals surface area contributed by atoms with Gasteiger partial charge in [0.25, 0.3) is 0 Å². The van der Waals surface area contributed by atoms with E-state index in [0.29, 0.717) is 25.0 Å². The molecule has 0 bridgehead atoms. The maximum atomic E-state index is 12.1. The second-order valence-electron chi connectivity index (χ2n) is 3.77. The van der Waals surface area contributed by atoms with E-state index in [2.05, 4.69) is 0 Å². The van der Waals surface area contributed by atoms with Gasteiger partial charge in [0.1, 0.15) is 0 Å². The van der Waals surface area contributed by atoms with Crippen LogP contribution in [0.25, 0.3) is 0 Å². The molecule has 0 spiro atoms. The highest BCUT2D eigenvalue weighted by molar-refractivity contribution is 8.00. The molecule has 2 nitrogen and oxygen atoms in total. The summed E-state index contributed by atoms with van der Waals surface area (Å²) in [6, 6.07) is 5.77. The van der Waals surface area contributed by atoms with Crippen molar-refractivity contribution < 1.29 is 23.0 Å². The number of benzene rings is 1. The van der Waals surface area contributed by atoms with Gasteiger partial charge < -0.3 is 9.84 Å². The van der Waals surface area contributed by atoms with Gasteiger partial charge in [0.2, 0.25) is 0 Å². The van der Waals surface area contributed by atoms with Gasteiger partial charge in [-0.25, -0.2) is 0 Å². The summed E-state index contributed by atoms with van der Waals surface area (Å²) in [6.45, 7) is 0.555. The standard InChI is InChI=1S/C12H15F3O2S/c1-17-8-2-3-11(16)9-4-6-10(7-5-9)18-12(13,14)15/h4-7,11,16H,2-3,8H2,1H3. The Labute approximate surface area is 108 Å². The zero-order chi connectivity index (χ0) is 13.6. The van der Waals surface area contributed by atoms with E-state index in [1.165, 1.54) is 24.3 Å². The Morgan fingerprint density at radius 3 is 2.39 bits per heavy atom. The van der Waals surface area contributed by atoms with Crippen LogP contribution in [0.1, 0.15) is 24.5 Å². The molecule has 1 aromatic carbocycles. The summed E-state index contributed by atoms with van der Waals surface area (Å²) in [7, 11) is 1.58. The SMILES string of the molecule is COCCCC(O)c1ccc(SC(F)(F)F)cc1.